The highest BCUT2D eigenvalue weighted by Crippen LogP contribution is 2.16. The van der Waals surface area contributed by atoms with Crippen LogP contribution < -0.4 is 5.32 Å². The van der Waals surface area contributed by atoms with Crippen molar-refractivity contribution in [3.63, 3.8) is 0 Å². The van der Waals surface area contributed by atoms with Crippen molar-refractivity contribution in [3.8, 4) is 0 Å². The molecule has 0 aliphatic carbocycles. The molecule has 2 nitrogen and oxygen atoms in total. The number of hydrogen-bond acceptors (Lipinski definition) is 2. The first-order valence-corrected chi connectivity index (χ1v) is 6.16. The average molecular weight is 238 g/mol. The summed E-state index contributed by atoms with van der Waals surface area (Å²) in [6, 6.07) is 6.58. The molecule has 96 valence electrons. The van der Waals surface area contributed by atoms with Crippen molar-refractivity contribution in [2.75, 3.05) is 25.5 Å². The summed E-state index contributed by atoms with van der Waals surface area (Å²) < 4.78 is 12.9. The van der Waals surface area contributed by atoms with Gasteiger partial charge < -0.3 is 5.32 Å². The number of anilines is 1. The van der Waals surface area contributed by atoms with E-state index in [0.717, 1.165) is 25.2 Å². The van der Waals surface area contributed by atoms with Crippen LogP contribution in [0.15, 0.2) is 24.3 Å². The zero-order valence-electron chi connectivity index (χ0n) is 11.3. The summed E-state index contributed by atoms with van der Waals surface area (Å²) in [6.07, 6.45) is 1.11. The molecule has 0 aliphatic heterocycles. The number of nitrogens with one attached hydrogen (secondary N) is 1. The molecule has 0 radical (unpaired) electrons. The minimum atomic E-state index is -0.197. The van der Waals surface area contributed by atoms with E-state index in [2.05, 4.69) is 38.0 Å². The topological polar surface area (TPSA) is 15.3 Å². The van der Waals surface area contributed by atoms with E-state index in [-0.39, 0.29) is 11.4 Å². The van der Waals surface area contributed by atoms with Gasteiger partial charge in [0.1, 0.15) is 5.82 Å². The Hall–Kier alpha value is -1.09. The molecule has 0 atom stereocenters. The predicted molar refractivity (Wildman–Crippen MR) is 71.9 cm³/mol. The van der Waals surface area contributed by atoms with Gasteiger partial charge >= 0.3 is 0 Å². The van der Waals surface area contributed by atoms with Gasteiger partial charge in [0, 0.05) is 24.3 Å². The third-order valence-corrected chi connectivity index (χ3v) is 3.50. The SMILES string of the molecule is CCC(C)(C)N(C)CCNc1cccc(F)c1. The largest absolute Gasteiger partial charge is 0.384 e. The van der Waals surface area contributed by atoms with Crippen LogP contribution in [0.3, 0.4) is 0 Å². The third-order valence-electron chi connectivity index (χ3n) is 3.50. The molecule has 1 aromatic carbocycles. The lowest BCUT2D eigenvalue weighted by atomic mass is 10.0. The highest BCUT2D eigenvalue weighted by Gasteiger charge is 2.19. The molecule has 17 heavy (non-hydrogen) atoms. The standard InChI is InChI=1S/C14H23FN2/c1-5-14(2,3)17(4)10-9-16-13-8-6-7-12(15)11-13/h6-8,11,16H,5,9-10H2,1-4H3. The Morgan fingerprint density at radius 2 is 2.06 bits per heavy atom. The fourth-order valence-corrected chi connectivity index (χ4v) is 1.54. The predicted octanol–water partition coefficient (Wildman–Crippen LogP) is 3.36. The van der Waals surface area contributed by atoms with E-state index in [1.54, 1.807) is 6.07 Å². The second-order valence-corrected chi connectivity index (χ2v) is 5.02. The van der Waals surface area contributed by atoms with E-state index in [4.69, 9.17) is 0 Å². The minimum Gasteiger partial charge on any atom is -0.384 e. The van der Waals surface area contributed by atoms with Crippen LogP contribution in [-0.2, 0) is 0 Å². The van der Waals surface area contributed by atoms with Crippen LogP contribution in [0, 0.1) is 5.82 Å². The van der Waals surface area contributed by atoms with Crippen LogP contribution in [0.4, 0.5) is 10.1 Å². The van der Waals surface area contributed by atoms with Crippen LogP contribution in [0.1, 0.15) is 27.2 Å². The normalized spacial score (nSPS) is 11.9. The molecule has 0 aromatic heterocycles. The van der Waals surface area contributed by atoms with Crippen LogP contribution >= 0.6 is 0 Å². The van der Waals surface area contributed by atoms with Crippen molar-refractivity contribution in [1.82, 2.24) is 4.90 Å². The number of benzene rings is 1. The maximum atomic E-state index is 12.9. The maximum Gasteiger partial charge on any atom is 0.125 e. The first kappa shape index (κ1) is 14.0. The molecule has 1 aromatic rings. The van der Waals surface area contributed by atoms with Crippen molar-refractivity contribution in [3.05, 3.63) is 30.1 Å². The summed E-state index contributed by atoms with van der Waals surface area (Å²) in [6.45, 7) is 8.42. The Labute approximate surface area is 104 Å². The number of hydrogen-bond donors (Lipinski definition) is 1. The minimum absolute atomic E-state index is 0.197. The molecule has 1 rings (SSSR count). The smallest absolute Gasteiger partial charge is 0.125 e. The van der Waals surface area contributed by atoms with Gasteiger partial charge in [-0.25, -0.2) is 4.39 Å². The molecule has 0 spiro atoms. The summed E-state index contributed by atoms with van der Waals surface area (Å²) in [5.74, 6) is -0.197. The van der Waals surface area contributed by atoms with Crippen molar-refractivity contribution in [2.45, 2.75) is 32.7 Å². The number of halogens is 1. The Morgan fingerprint density at radius 3 is 2.65 bits per heavy atom. The second-order valence-electron chi connectivity index (χ2n) is 5.02. The molecular formula is C14H23FN2. The summed E-state index contributed by atoms with van der Waals surface area (Å²) in [7, 11) is 2.12. The Balaban J connectivity index is 2.38. The summed E-state index contributed by atoms with van der Waals surface area (Å²) in [5, 5.41) is 3.23. The van der Waals surface area contributed by atoms with Gasteiger partial charge in [0.2, 0.25) is 0 Å². The molecule has 0 aliphatic rings. The van der Waals surface area contributed by atoms with Crippen molar-refractivity contribution in [2.24, 2.45) is 0 Å². The zero-order chi connectivity index (χ0) is 12.9. The Bertz CT molecular complexity index is 350. The molecule has 1 N–H and O–H groups in total. The van der Waals surface area contributed by atoms with Crippen molar-refractivity contribution < 1.29 is 4.39 Å². The van der Waals surface area contributed by atoms with Gasteiger partial charge in [-0.3, -0.25) is 4.90 Å². The average Bonchev–Trinajstić information content (AvgIpc) is 2.29. The lowest BCUT2D eigenvalue weighted by molar-refractivity contribution is 0.157. The monoisotopic (exact) mass is 238 g/mol. The fraction of sp³-hybridized carbons (Fsp3) is 0.571. The molecule has 0 fully saturated rings. The molecule has 3 heteroatoms. The summed E-state index contributed by atoms with van der Waals surface area (Å²) in [4.78, 5) is 2.32. The zero-order valence-corrected chi connectivity index (χ0v) is 11.3. The van der Waals surface area contributed by atoms with Crippen LogP contribution in [-0.4, -0.2) is 30.6 Å². The lowest BCUT2D eigenvalue weighted by Crippen LogP contribution is -2.42. The van der Waals surface area contributed by atoms with E-state index >= 15 is 0 Å². The molecule has 0 amide bonds. The Morgan fingerprint density at radius 1 is 1.35 bits per heavy atom. The van der Waals surface area contributed by atoms with Gasteiger partial charge in [0.05, 0.1) is 0 Å². The molecule has 0 unspecified atom stereocenters. The van der Waals surface area contributed by atoms with Crippen molar-refractivity contribution in [1.29, 1.82) is 0 Å². The number of nitrogens with zero attached hydrogens (tertiary/aromatic N) is 1. The van der Waals surface area contributed by atoms with Gasteiger partial charge in [0.25, 0.3) is 0 Å². The van der Waals surface area contributed by atoms with Crippen molar-refractivity contribution >= 4 is 5.69 Å². The highest BCUT2D eigenvalue weighted by molar-refractivity contribution is 5.42. The molecule has 0 saturated heterocycles. The molecule has 0 heterocycles. The fourth-order valence-electron chi connectivity index (χ4n) is 1.54. The van der Waals surface area contributed by atoms with Gasteiger partial charge in [-0.2, -0.15) is 0 Å². The quantitative estimate of drug-likeness (QED) is 0.817. The summed E-state index contributed by atoms with van der Waals surface area (Å²) >= 11 is 0. The van der Waals surface area contributed by atoms with E-state index in [1.807, 2.05) is 6.07 Å². The van der Waals surface area contributed by atoms with Crippen LogP contribution in [0.25, 0.3) is 0 Å². The van der Waals surface area contributed by atoms with E-state index < -0.39 is 0 Å². The van der Waals surface area contributed by atoms with Gasteiger partial charge in [-0.1, -0.05) is 13.0 Å². The third kappa shape index (κ3) is 4.35. The van der Waals surface area contributed by atoms with Gasteiger partial charge in [0.15, 0.2) is 0 Å². The van der Waals surface area contributed by atoms with E-state index in [0.29, 0.717) is 0 Å². The molecular weight excluding hydrogens is 215 g/mol. The number of rotatable bonds is 6. The molecule has 0 bridgehead atoms. The number of likely N-dealkylation sites (N-methyl/N-ethyl adjacent to an activating group) is 1. The van der Waals surface area contributed by atoms with E-state index in [1.165, 1.54) is 12.1 Å². The van der Waals surface area contributed by atoms with Gasteiger partial charge in [-0.05, 0) is 45.5 Å². The first-order chi connectivity index (χ1) is 7.95. The highest BCUT2D eigenvalue weighted by atomic mass is 19.1. The lowest BCUT2D eigenvalue weighted by Gasteiger charge is -2.34. The van der Waals surface area contributed by atoms with Gasteiger partial charge in [-0.15, -0.1) is 0 Å². The Kier molecular flexibility index (Phi) is 4.94. The maximum absolute atomic E-state index is 12.9. The van der Waals surface area contributed by atoms with E-state index in [9.17, 15) is 4.39 Å². The van der Waals surface area contributed by atoms with Crippen LogP contribution in [0.2, 0.25) is 0 Å². The second kappa shape index (κ2) is 6.01. The molecule has 0 saturated carbocycles. The summed E-state index contributed by atoms with van der Waals surface area (Å²) in [5.41, 5.74) is 1.05. The first-order valence-electron chi connectivity index (χ1n) is 6.16. The van der Waals surface area contributed by atoms with Crippen LogP contribution in [0.5, 0.6) is 0 Å².